The number of nitrogens with one attached hydrogen (secondary N) is 2. The van der Waals surface area contributed by atoms with Crippen LogP contribution in [0.3, 0.4) is 0 Å². The predicted molar refractivity (Wildman–Crippen MR) is 127 cm³/mol. The summed E-state index contributed by atoms with van der Waals surface area (Å²) in [6, 6.07) is 14.4. The van der Waals surface area contributed by atoms with Gasteiger partial charge in [-0.05, 0) is 73.2 Å². The highest BCUT2D eigenvalue weighted by Gasteiger charge is 2.22. The number of carbonyl (C=O) groups is 1. The van der Waals surface area contributed by atoms with Crippen LogP contribution in [0, 0.1) is 0 Å². The van der Waals surface area contributed by atoms with Crippen molar-refractivity contribution in [1.82, 2.24) is 10.3 Å². The Hall–Kier alpha value is -3.16. The Morgan fingerprint density at radius 1 is 1.18 bits per heavy atom. The van der Waals surface area contributed by atoms with Crippen LogP contribution in [0.5, 0.6) is 11.5 Å². The molecule has 2 aliphatic rings. The highest BCUT2D eigenvalue weighted by atomic mass is 16.5. The van der Waals surface area contributed by atoms with E-state index in [1.807, 2.05) is 36.5 Å². The van der Waals surface area contributed by atoms with Crippen molar-refractivity contribution in [3.8, 4) is 11.5 Å². The lowest BCUT2D eigenvalue weighted by molar-refractivity contribution is -0.118. The SMILES string of the molecule is COc1ccc2nccc(CC[C@@H]3CC[C@@H](NCc4ccc5c(c4)NC(=O)CO5)CO3)c2c1. The van der Waals surface area contributed by atoms with Gasteiger partial charge in [0.05, 0.1) is 31.0 Å². The van der Waals surface area contributed by atoms with Crippen LogP contribution in [-0.2, 0) is 22.5 Å². The molecule has 1 amide bonds. The smallest absolute Gasteiger partial charge is 0.262 e. The normalized spacial score (nSPS) is 20.1. The molecular weight excluding hydrogens is 418 g/mol. The van der Waals surface area contributed by atoms with Crippen LogP contribution in [0.15, 0.2) is 48.7 Å². The Labute approximate surface area is 193 Å². The van der Waals surface area contributed by atoms with Crippen LogP contribution >= 0.6 is 0 Å². The lowest BCUT2D eigenvalue weighted by atomic mass is 9.97. The molecule has 1 fully saturated rings. The third kappa shape index (κ3) is 5.10. The second-order valence-electron chi connectivity index (χ2n) is 8.67. The van der Waals surface area contributed by atoms with Gasteiger partial charge in [-0.15, -0.1) is 0 Å². The molecule has 2 aliphatic heterocycles. The summed E-state index contributed by atoms with van der Waals surface area (Å²) >= 11 is 0. The minimum Gasteiger partial charge on any atom is -0.497 e. The maximum Gasteiger partial charge on any atom is 0.262 e. The number of methoxy groups -OCH3 is 1. The number of fused-ring (bicyclic) bond motifs is 2. The highest BCUT2D eigenvalue weighted by Crippen LogP contribution is 2.29. The standard InChI is InChI=1S/C26H29N3O4/c1-31-21-7-8-23-22(13-21)18(10-11-27-23)3-5-20-6-4-19(15-32-20)28-14-17-2-9-25-24(12-17)29-26(30)16-33-25/h2,7-13,19-20,28H,3-6,14-16H2,1H3,(H,29,30)/t19-,20-/m1/s1. The summed E-state index contributed by atoms with van der Waals surface area (Å²) in [7, 11) is 1.69. The largest absolute Gasteiger partial charge is 0.497 e. The molecule has 3 heterocycles. The molecule has 0 bridgehead atoms. The molecule has 3 aromatic rings. The fourth-order valence-corrected chi connectivity index (χ4v) is 4.54. The predicted octanol–water partition coefficient (Wildman–Crippen LogP) is 3.84. The summed E-state index contributed by atoms with van der Waals surface area (Å²) in [5.74, 6) is 1.47. The minimum atomic E-state index is -0.113. The number of anilines is 1. The van der Waals surface area contributed by atoms with Crippen molar-refractivity contribution in [1.29, 1.82) is 0 Å². The van der Waals surface area contributed by atoms with Gasteiger partial charge in [-0.3, -0.25) is 9.78 Å². The lowest BCUT2D eigenvalue weighted by Crippen LogP contribution is -2.39. The van der Waals surface area contributed by atoms with Gasteiger partial charge in [0.1, 0.15) is 11.5 Å². The van der Waals surface area contributed by atoms with E-state index in [9.17, 15) is 4.79 Å². The summed E-state index contributed by atoms with van der Waals surface area (Å²) in [6.07, 6.45) is 6.22. The average Bonchev–Trinajstić information content (AvgIpc) is 2.86. The number of ether oxygens (including phenoxy) is 3. The Morgan fingerprint density at radius 3 is 2.97 bits per heavy atom. The van der Waals surface area contributed by atoms with E-state index in [0.29, 0.717) is 12.6 Å². The maximum absolute atomic E-state index is 11.5. The summed E-state index contributed by atoms with van der Waals surface area (Å²) in [5.41, 5.74) is 4.13. The number of amides is 1. The quantitative estimate of drug-likeness (QED) is 0.573. The van der Waals surface area contributed by atoms with Gasteiger partial charge in [0.15, 0.2) is 6.61 Å². The summed E-state index contributed by atoms with van der Waals surface area (Å²) in [5, 5.41) is 7.60. The first kappa shape index (κ1) is 21.7. The molecule has 2 atom stereocenters. The fraction of sp³-hybridized carbons (Fsp3) is 0.385. The summed E-state index contributed by atoms with van der Waals surface area (Å²) in [4.78, 5) is 16.0. The van der Waals surface area contributed by atoms with Gasteiger partial charge in [0.2, 0.25) is 0 Å². The first-order chi connectivity index (χ1) is 16.2. The molecule has 0 radical (unpaired) electrons. The Balaban J connectivity index is 1.11. The van der Waals surface area contributed by atoms with Crippen molar-refractivity contribution in [2.24, 2.45) is 0 Å². The summed E-state index contributed by atoms with van der Waals surface area (Å²) in [6.45, 7) is 1.52. The van der Waals surface area contributed by atoms with E-state index in [1.165, 1.54) is 5.56 Å². The van der Waals surface area contributed by atoms with Crippen LogP contribution < -0.4 is 20.1 Å². The molecule has 33 heavy (non-hydrogen) atoms. The zero-order chi connectivity index (χ0) is 22.6. The molecule has 7 heteroatoms. The first-order valence-corrected chi connectivity index (χ1v) is 11.5. The highest BCUT2D eigenvalue weighted by molar-refractivity contribution is 5.95. The third-order valence-electron chi connectivity index (χ3n) is 6.42. The van der Waals surface area contributed by atoms with Gasteiger partial charge in [-0.2, -0.15) is 0 Å². The molecule has 5 rings (SSSR count). The van der Waals surface area contributed by atoms with Gasteiger partial charge in [-0.1, -0.05) is 6.07 Å². The van der Waals surface area contributed by atoms with Crippen molar-refractivity contribution < 1.29 is 19.0 Å². The average molecular weight is 448 g/mol. The molecule has 0 aliphatic carbocycles. The van der Waals surface area contributed by atoms with E-state index in [-0.39, 0.29) is 18.6 Å². The number of nitrogens with zero attached hydrogens (tertiary/aromatic N) is 1. The Kier molecular flexibility index (Phi) is 6.41. The molecule has 172 valence electrons. The zero-order valence-corrected chi connectivity index (χ0v) is 18.8. The summed E-state index contributed by atoms with van der Waals surface area (Å²) < 4.78 is 17.0. The molecule has 0 spiro atoms. The number of aromatic nitrogens is 1. The fourth-order valence-electron chi connectivity index (χ4n) is 4.54. The second kappa shape index (κ2) is 9.77. The minimum absolute atomic E-state index is 0.0801. The zero-order valence-electron chi connectivity index (χ0n) is 18.8. The molecule has 2 aromatic carbocycles. The molecule has 1 saturated heterocycles. The van der Waals surface area contributed by atoms with Gasteiger partial charge >= 0.3 is 0 Å². The number of aryl methyl sites for hydroxylation is 1. The van der Waals surface area contributed by atoms with Gasteiger partial charge in [0.25, 0.3) is 5.91 Å². The monoisotopic (exact) mass is 447 g/mol. The number of pyridine rings is 1. The third-order valence-corrected chi connectivity index (χ3v) is 6.42. The van der Waals surface area contributed by atoms with Crippen molar-refractivity contribution in [3.63, 3.8) is 0 Å². The molecule has 0 saturated carbocycles. The van der Waals surface area contributed by atoms with E-state index >= 15 is 0 Å². The van der Waals surface area contributed by atoms with E-state index in [1.54, 1.807) is 7.11 Å². The molecule has 2 N–H and O–H groups in total. The first-order valence-electron chi connectivity index (χ1n) is 11.5. The maximum atomic E-state index is 11.5. The number of hydrogen-bond acceptors (Lipinski definition) is 6. The Morgan fingerprint density at radius 2 is 2.12 bits per heavy atom. The van der Waals surface area contributed by atoms with E-state index in [0.717, 1.165) is 65.9 Å². The number of carbonyl (C=O) groups excluding carboxylic acids is 1. The van der Waals surface area contributed by atoms with Crippen molar-refractivity contribution in [3.05, 3.63) is 59.8 Å². The van der Waals surface area contributed by atoms with Crippen LogP contribution in [0.2, 0.25) is 0 Å². The molecular formula is C26H29N3O4. The van der Waals surface area contributed by atoms with Crippen molar-refractivity contribution in [2.75, 3.05) is 25.6 Å². The van der Waals surface area contributed by atoms with E-state index < -0.39 is 0 Å². The molecule has 0 unspecified atom stereocenters. The van der Waals surface area contributed by atoms with Crippen LogP contribution in [-0.4, -0.2) is 43.4 Å². The number of benzene rings is 2. The van der Waals surface area contributed by atoms with E-state index in [2.05, 4.69) is 27.8 Å². The molecule has 7 nitrogen and oxygen atoms in total. The van der Waals surface area contributed by atoms with Crippen LogP contribution in [0.1, 0.15) is 30.4 Å². The van der Waals surface area contributed by atoms with Crippen molar-refractivity contribution >= 4 is 22.5 Å². The topological polar surface area (TPSA) is 81.7 Å². The number of rotatable bonds is 7. The molecule has 1 aromatic heterocycles. The lowest BCUT2D eigenvalue weighted by Gasteiger charge is -2.30. The van der Waals surface area contributed by atoms with Gasteiger partial charge in [-0.25, -0.2) is 0 Å². The Bertz CT molecular complexity index is 1140. The van der Waals surface area contributed by atoms with Gasteiger partial charge < -0.3 is 24.8 Å². The van der Waals surface area contributed by atoms with Gasteiger partial charge in [0, 0.05) is 24.2 Å². The number of hydrogen-bond donors (Lipinski definition) is 2. The second-order valence-corrected chi connectivity index (χ2v) is 8.67. The van der Waals surface area contributed by atoms with Crippen LogP contribution in [0.4, 0.5) is 5.69 Å². The van der Waals surface area contributed by atoms with Crippen LogP contribution in [0.25, 0.3) is 10.9 Å². The van der Waals surface area contributed by atoms with E-state index in [4.69, 9.17) is 14.2 Å². The van der Waals surface area contributed by atoms with Crippen molar-refractivity contribution in [2.45, 2.75) is 44.4 Å².